The molecule has 0 bridgehead atoms. The molecule has 2 atom stereocenters. The lowest BCUT2D eigenvalue weighted by Crippen LogP contribution is -2.33. The number of thiazole rings is 1. The highest BCUT2D eigenvalue weighted by molar-refractivity contribution is 7.09. The van der Waals surface area contributed by atoms with Crippen LogP contribution in [-0.2, 0) is 22.5 Å². The van der Waals surface area contributed by atoms with Gasteiger partial charge in [0.15, 0.2) is 5.82 Å². The molecule has 0 unspecified atom stereocenters. The van der Waals surface area contributed by atoms with Crippen molar-refractivity contribution in [2.75, 3.05) is 26.3 Å². The Labute approximate surface area is 162 Å². The number of aryl methyl sites for hydroxylation is 1. The van der Waals surface area contributed by atoms with E-state index < -0.39 is 12.1 Å². The number of likely N-dealkylation sites (tertiary alicyclic amines) is 1. The zero-order valence-corrected chi connectivity index (χ0v) is 15.8. The van der Waals surface area contributed by atoms with Crippen LogP contribution in [0, 0.1) is 18.3 Å². The summed E-state index contributed by atoms with van der Waals surface area (Å²) in [6.45, 7) is 6.48. The molecule has 8 nitrogen and oxygen atoms in total. The number of halogens is 3. The number of alkyl halides is 3. The molecule has 0 saturated carbocycles. The van der Waals surface area contributed by atoms with Crippen LogP contribution in [0.15, 0.2) is 16.1 Å². The molecule has 154 valence electrons. The Bertz CT molecular complexity index is 798. The van der Waals surface area contributed by atoms with E-state index in [0.717, 1.165) is 45.2 Å². The molecule has 0 amide bonds. The number of carbonyl (C=O) groups is 1. The number of nitrogens with zero attached hydrogens (tertiary/aromatic N) is 4. The van der Waals surface area contributed by atoms with E-state index >= 15 is 0 Å². The number of rotatable bonds is 4. The summed E-state index contributed by atoms with van der Waals surface area (Å²) in [6, 6.07) is 0. The van der Waals surface area contributed by atoms with Crippen LogP contribution < -0.4 is 0 Å². The predicted octanol–water partition coefficient (Wildman–Crippen LogP) is 2.16. The van der Waals surface area contributed by atoms with Crippen LogP contribution in [0.1, 0.15) is 16.7 Å². The predicted molar refractivity (Wildman–Crippen MR) is 90.6 cm³/mol. The van der Waals surface area contributed by atoms with Crippen LogP contribution in [-0.4, -0.2) is 63.6 Å². The number of carboxylic acids is 1. The SMILES string of the molecule is Cc1noc(C[C@]23COC[C@H]2CN(Cc2nccs2)C3)n1.O=C(O)C(F)(F)F. The van der Waals surface area contributed by atoms with Crippen molar-refractivity contribution in [1.29, 1.82) is 0 Å². The third-order valence-electron chi connectivity index (χ3n) is 4.75. The largest absolute Gasteiger partial charge is 0.490 e. The normalized spacial score (nSPS) is 24.6. The molecule has 2 aliphatic rings. The Hall–Kier alpha value is -2.05. The molecule has 2 aliphatic heterocycles. The van der Waals surface area contributed by atoms with Crippen LogP contribution in [0.5, 0.6) is 0 Å². The molecule has 0 radical (unpaired) electrons. The average Bonchev–Trinajstić information content (AvgIpc) is 3.34. The minimum absolute atomic E-state index is 0.121. The van der Waals surface area contributed by atoms with Crippen LogP contribution >= 0.6 is 11.3 Å². The Kier molecular flexibility index (Phi) is 6.01. The molecule has 1 N–H and O–H groups in total. The molecule has 4 heterocycles. The van der Waals surface area contributed by atoms with E-state index in [1.807, 2.05) is 18.5 Å². The first-order valence-electron chi connectivity index (χ1n) is 8.46. The number of aromatic nitrogens is 3. The van der Waals surface area contributed by atoms with Gasteiger partial charge >= 0.3 is 12.1 Å². The lowest BCUT2D eigenvalue weighted by molar-refractivity contribution is -0.192. The lowest BCUT2D eigenvalue weighted by atomic mass is 9.78. The van der Waals surface area contributed by atoms with Gasteiger partial charge in [0.25, 0.3) is 0 Å². The standard InChI is InChI=1S/C14H18N4O2S.C2HF3O2/c1-10-16-12(20-17-10)4-14-8-18(5-11(14)7-19-9-14)6-13-15-2-3-21-13;3-2(4,5)1(6)7/h2-3,11H,4-9H2,1H3;(H,6,7)/t11-,14+;/m1./s1. The monoisotopic (exact) mass is 420 g/mol. The van der Waals surface area contributed by atoms with Crippen molar-refractivity contribution < 1.29 is 32.3 Å². The van der Waals surface area contributed by atoms with Gasteiger partial charge in [-0.25, -0.2) is 9.78 Å². The van der Waals surface area contributed by atoms with Crippen molar-refractivity contribution in [3.8, 4) is 0 Å². The molecule has 28 heavy (non-hydrogen) atoms. The lowest BCUT2D eigenvalue weighted by Gasteiger charge is -2.25. The van der Waals surface area contributed by atoms with E-state index in [1.54, 1.807) is 11.3 Å². The van der Waals surface area contributed by atoms with Crippen molar-refractivity contribution in [2.45, 2.75) is 26.1 Å². The zero-order valence-electron chi connectivity index (χ0n) is 15.0. The van der Waals surface area contributed by atoms with Gasteiger partial charge in [0.05, 0.1) is 19.8 Å². The molecule has 2 aromatic rings. The second-order valence-corrected chi connectivity index (χ2v) is 7.86. The molecule has 0 spiro atoms. The fourth-order valence-corrected chi connectivity index (χ4v) is 4.21. The summed E-state index contributed by atoms with van der Waals surface area (Å²) < 4.78 is 42.8. The molecule has 2 fully saturated rings. The van der Waals surface area contributed by atoms with E-state index in [4.69, 9.17) is 19.2 Å². The summed E-state index contributed by atoms with van der Waals surface area (Å²) in [7, 11) is 0. The summed E-state index contributed by atoms with van der Waals surface area (Å²) in [5, 5.41) is 14.2. The number of carboxylic acid groups (broad SMARTS) is 1. The van der Waals surface area contributed by atoms with Gasteiger partial charge in [-0.1, -0.05) is 5.16 Å². The second-order valence-electron chi connectivity index (χ2n) is 6.88. The van der Waals surface area contributed by atoms with Crippen molar-refractivity contribution >= 4 is 17.3 Å². The first-order chi connectivity index (χ1) is 13.2. The first kappa shape index (κ1) is 20.7. The van der Waals surface area contributed by atoms with Gasteiger partial charge in [-0.15, -0.1) is 11.3 Å². The molecular formula is C16H19F3N4O4S. The van der Waals surface area contributed by atoms with Crippen LogP contribution in [0.4, 0.5) is 13.2 Å². The highest BCUT2D eigenvalue weighted by atomic mass is 32.1. The topological polar surface area (TPSA) is 102 Å². The van der Waals surface area contributed by atoms with E-state index in [2.05, 4.69) is 20.0 Å². The minimum Gasteiger partial charge on any atom is -0.475 e. The molecule has 2 saturated heterocycles. The maximum atomic E-state index is 10.6. The Morgan fingerprint density at radius 1 is 1.50 bits per heavy atom. The molecule has 2 aromatic heterocycles. The van der Waals surface area contributed by atoms with Gasteiger partial charge in [-0.05, 0) is 6.92 Å². The van der Waals surface area contributed by atoms with E-state index in [0.29, 0.717) is 11.7 Å². The number of hydrogen-bond acceptors (Lipinski definition) is 8. The zero-order chi connectivity index (χ0) is 20.4. The quantitative estimate of drug-likeness (QED) is 0.803. The molecule has 12 heteroatoms. The van der Waals surface area contributed by atoms with E-state index in [9.17, 15) is 13.2 Å². The van der Waals surface area contributed by atoms with Crippen LogP contribution in [0.3, 0.4) is 0 Å². The van der Waals surface area contributed by atoms with E-state index in [-0.39, 0.29) is 5.41 Å². The Morgan fingerprint density at radius 2 is 2.25 bits per heavy atom. The number of ether oxygens (including phenoxy) is 1. The number of hydrogen-bond donors (Lipinski definition) is 1. The summed E-state index contributed by atoms with van der Waals surface area (Å²) in [4.78, 5) is 20.1. The summed E-state index contributed by atoms with van der Waals surface area (Å²) in [5.41, 5.74) is 0.121. The molecule has 4 rings (SSSR count). The fraction of sp³-hybridized carbons (Fsp3) is 0.625. The van der Waals surface area contributed by atoms with Crippen LogP contribution in [0.25, 0.3) is 0 Å². The molecule has 0 aromatic carbocycles. The maximum Gasteiger partial charge on any atom is 0.490 e. The van der Waals surface area contributed by atoms with Crippen molar-refractivity contribution in [1.82, 2.24) is 20.0 Å². The number of fused-ring (bicyclic) bond motifs is 1. The third-order valence-corrected chi connectivity index (χ3v) is 5.51. The van der Waals surface area contributed by atoms with Gasteiger partial charge in [-0.2, -0.15) is 18.2 Å². The minimum atomic E-state index is -5.08. The molecular weight excluding hydrogens is 401 g/mol. The summed E-state index contributed by atoms with van der Waals surface area (Å²) >= 11 is 1.72. The average molecular weight is 420 g/mol. The van der Waals surface area contributed by atoms with Crippen molar-refractivity contribution in [2.24, 2.45) is 11.3 Å². The van der Waals surface area contributed by atoms with Gasteiger partial charge in [0, 0.05) is 42.4 Å². The van der Waals surface area contributed by atoms with Gasteiger partial charge < -0.3 is 14.4 Å². The first-order valence-corrected chi connectivity index (χ1v) is 9.34. The Balaban J connectivity index is 0.000000279. The van der Waals surface area contributed by atoms with Crippen molar-refractivity contribution in [3.63, 3.8) is 0 Å². The highest BCUT2D eigenvalue weighted by Crippen LogP contribution is 2.44. The fourth-order valence-electron chi connectivity index (χ4n) is 3.55. The van der Waals surface area contributed by atoms with E-state index in [1.165, 1.54) is 5.01 Å². The van der Waals surface area contributed by atoms with Gasteiger partial charge in [0.1, 0.15) is 5.01 Å². The maximum absolute atomic E-state index is 10.6. The molecule has 0 aliphatic carbocycles. The summed E-state index contributed by atoms with van der Waals surface area (Å²) in [6.07, 6.45) is -2.40. The summed E-state index contributed by atoms with van der Waals surface area (Å²) in [5.74, 6) is -0.772. The van der Waals surface area contributed by atoms with Crippen molar-refractivity contribution in [3.05, 3.63) is 28.3 Å². The Morgan fingerprint density at radius 3 is 2.82 bits per heavy atom. The second kappa shape index (κ2) is 8.13. The number of aliphatic carboxylic acids is 1. The van der Waals surface area contributed by atoms with Crippen LogP contribution in [0.2, 0.25) is 0 Å². The van der Waals surface area contributed by atoms with Gasteiger partial charge in [0.2, 0.25) is 5.89 Å². The highest BCUT2D eigenvalue weighted by Gasteiger charge is 2.51. The third kappa shape index (κ3) is 4.86. The smallest absolute Gasteiger partial charge is 0.475 e. The van der Waals surface area contributed by atoms with Gasteiger partial charge in [-0.3, -0.25) is 4.90 Å².